The van der Waals surface area contributed by atoms with Crippen molar-refractivity contribution < 1.29 is 19.5 Å². The van der Waals surface area contributed by atoms with Crippen LogP contribution in [0.4, 0.5) is 0 Å². The van der Waals surface area contributed by atoms with E-state index in [0.717, 1.165) is 25.8 Å². The van der Waals surface area contributed by atoms with Crippen molar-refractivity contribution in [3.63, 3.8) is 0 Å². The monoisotopic (exact) mass is 296 g/mol. The summed E-state index contributed by atoms with van der Waals surface area (Å²) < 4.78 is 0. The lowest BCUT2D eigenvalue weighted by Gasteiger charge is -2.32. The number of carbonyl (C=O) groups is 3. The average molecular weight is 296 g/mol. The van der Waals surface area contributed by atoms with Gasteiger partial charge in [0.15, 0.2) is 0 Å². The molecule has 1 N–H and O–H groups in total. The molecule has 2 rings (SSSR count). The van der Waals surface area contributed by atoms with Gasteiger partial charge in [0.2, 0.25) is 11.8 Å². The standard InChI is InChI=1S/C15H24N2O4/c1-2-3-6-16-10-12(8-13(16)18)14(19)17-7-4-5-11(9-17)15(20)21/h11-12H,2-10H2,1H3,(H,20,21)/t11-,12-/m1/s1. The highest BCUT2D eigenvalue weighted by Crippen LogP contribution is 2.24. The van der Waals surface area contributed by atoms with Crippen molar-refractivity contribution >= 4 is 17.8 Å². The number of likely N-dealkylation sites (tertiary alicyclic amines) is 2. The highest BCUT2D eigenvalue weighted by atomic mass is 16.4. The summed E-state index contributed by atoms with van der Waals surface area (Å²) in [6.07, 6.45) is 3.61. The third-order valence-electron chi connectivity index (χ3n) is 4.43. The van der Waals surface area contributed by atoms with Crippen molar-refractivity contribution in [2.24, 2.45) is 11.8 Å². The number of carboxylic acid groups (broad SMARTS) is 1. The lowest BCUT2D eigenvalue weighted by atomic mass is 9.96. The maximum absolute atomic E-state index is 12.5. The molecule has 21 heavy (non-hydrogen) atoms. The van der Waals surface area contributed by atoms with E-state index in [2.05, 4.69) is 6.92 Å². The van der Waals surface area contributed by atoms with Crippen LogP contribution in [0, 0.1) is 11.8 Å². The molecular weight excluding hydrogens is 272 g/mol. The van der Waals surface area contributed by atoms with Crippen LogP contribution in [-0.4, -0.2) is 58.9 Å². The number of hydrogen-bond acceptors (Lipinski definition) is 3. The Morgan fingerprint density at radius 3 is 2.71 bits per heavy atom. The number of carbonyl (C=O) groups excluding carboxylic acids is 2. The minimum atomic E-state index is -0.834. The molecule has 0 bridgehead atoms. The molecule has 2 saturated heterocycles. The van der Waals surface area contributed by atoms with Gasteiger partial charge in [0, 0.05) is 32.6 Å². The zero-order valence-corrected chi connectivity index (χ0v) is 12.6. The number of carboxylic acids is 1. The Morgan fingerprint density at radius 2 is 2.05 bits per heavy atom. The van der Waals surface area contributed by atoms with Crippen LogP contribution in [0.2, 0.25) is 0 Å². The average Bonchev–Trinajstić information content (AvgIpc) is 2.85. The van der Waals surface area contributed by atoms with Gasteiger partial charge in [0.05, 0.1) is 11.8 Å². The second kappa shape index (κ2) is 6.91. The highest BCUT2D eigenvalue weighted by Gasteiger charge is 2.38. The number of amides is 2. The molecule has 0 aromatic carbocycles. The third-order valence-corrected chi connectivity index (χ3v) is 4.43. The van der Waals surface area contributed by atoms with E-state index in [4.69, 9.17) is 5.11 Å². The molecule has 0 saturated carbocycles. The number of rotatable bonds is 5. The van der Waals surface area contributed by atoms with E-state index in [1.54, 1.807) is 9.80 Å². The van der Waals surface area contributed by atoms with Crippen LogP contribution in [0.1, 0.15) is 39.0 Å². The summed E-state index contributed by atoms with van der Waals surface area (Å²) in [6, 6.07) is 0. The second-order valence-electron chi connectivity index (χ2n) is 6.06. The summed E-state index contributed by atoms with van der Waals surface area (Å²) in [5.41, 5.74) is 0. The van der Waals surface area contributed by atoms with Crippen molar-refractivity contribution in [2.75, 3.05) is 26.2 Å². The van der Waals surface area contributed by atoms with E-state index in [1.807, 2.05) is 0 Å². The first-order valence-electron chi connectivity index (χ1n) is 7.82. The maximum Gasteiger partial charge on any atom is 0.308 e. The molecule has 0 aliphatic carbocycles. The fourth-order valence-corrected chi connectivity index (χ4v) is 3.14. The van der Waals surface area contributed by atoms with Gasteiger partial charge in [-0.1, -0.05) is 13.3 Å². The Balaban J connectivity index is 1.91. The molecule has 2 amide bonds. The number of piperidine rings is 1. The summed E-state index contributed by atoms with van der Waals surface area (Å²) in [7, 11) is 0. The SMILES string of the molecule is CCCCN1C[C@H](C(=O)N2CCC[C@@H](C(=O)O)C2)CC1=O. The van der Waals surface area contributed by atoms with Gasteiger partial charge in [-0.05, 0) is 19.3 Å². The fourth-order valence-electron chi connectivity index (χ4n) is 3.14. The predicted octanol–water partition coefficient (Wildman–Crippen LogP) is 0.958. The topological polar surface area (TPSA) is 77.9 Å². The van der Waals surface area contributed by atoms with Crippen LogP contribution in [0.3, 0.4) is 0 Å². The van der Waals surface area contributed by atoms with Crippen LogP contribution < -0.4 is 0 Å². The third kappa shape index (κ3) is 3.74. The van der Waals surface area contributed by atoms with Crippen molar-refractivity contribution in [1.29, 1.82) is 0 Å². The predicted molar refractivity (Wildman–Crippen MR) is 76.5 cm³/mol. The summed E-state index contributed by atoms with van der Waals surface area (Å²) in [6.45, 7) is 4.18. The minimum Gasteiger partial charge on any atom is -0.481 e. The van der Waals surface area contributed by atoms with Crippen molar-refractivity contribution in [3.05, 3.63) is 0 Å². The molecule has 2 aliphatic rings. The molecule has 0 radical (unpaired) electrons. The second-order valence-corrected chi connectivity index (χ2v) is 6.06. The molecule has 6 nitrogen and oxygen atoms in total. The molecule has 0 unspecified atom stereocenters. The summed E-state index contributed by atoms with van der Waals surface area (Å²) >= 11 is 0. The molecule has 6 heteroatoms. The molecular formula is C15H24N2O4. The fraction of sp³-hybridized carbons (Fsp3) is 0.800. The number of unbranched alkanes of at least 4 members (excludes halogenated alkanes) is 1. The zero-order chi connectivity index (χ0) is 15.4. The molecule has 2 fully saturated rings. The van der Waals surface area contributed by atoms with E-state index in [-0.39, 0.29) is 30.7 Å². The van der Waals surface area contributed by atoms with Crippen LogP contribution in [-0.2, 0) is 14.4 Å². The first-order chi connectivity index (χ1) is 10.0. The van der Waals surface area contributed by atoms with Gasteiger partial charge in [0.25, 0.3) is 0 Å². The van der Waals surface area contributed by atoms with Crippen LogP contribution in [0.15, 0.2) is 0 Å². The minimum absolute atomic E-state index is 0.0479. The van der Waals surface area contributed by atoms with E-state index in [0.29, 0.717) is 19.5 Å². The van der Waals surface area contributed by atoms with Gasteiger partial charge < -0.3 is 14.9 Å². The zero-order valence-electron chi connectivity index (χ0n) is 12.6. The maximum atomic E-state index is 12.5. The van der Waals surface area contributed by atoms with Gasteiger partial charge in [-0.15, -0.1) is 0 Å². The smallest absolute Gasteiger partial charge is 0.308 e. The van der Waals surface area contributed by atoms with Crippen LogP contribution in [0.25, 0.3) is 0 Å². The molecule has 2 heterocycles. The Morgan fingerprint density at radius 1 is 1.29 bits per heavy atom. The van der Waals surface area contributed by atoms with Crippen LogP contribution >= 0.6 is 0 Å². The van der Waals surface area contributed by atoms with Gasteiger partial charge in [-0.2, -0.15) is 0 Å². The van der Waals surface area contributed by atoms with Crippen molar-refractivity contribution in [2.45, 2.75) is 39.0 Å². The Bertz CT molecular complexity index is 424. The van der Waals surface area contributed by atoms with E-state index >= 15 is 0 Å². The van der Waals surface area contributed by atoms with Gasteiger partial charge >= 0.3 is 5.97 Å². The van der Waals surface area contributed by atoms with Gasteiger partial charge in [-0.25, -0.2) is 0 Å². The quantitative estimate of drug-likeness (QED) is 0.819. The number of hydrogen-bond donors (Lipinski definition) is 1. The lowest BCUT2D eigenvalue weighted by molar-refractivity contribution is -0.146. The van der Waals surface area contributed by atoms with Crippen molar-refractivity contribution in [1.82, 2.24) is 9.80 Å². The van der Waals surface area contributed by atoms with Gasteiger partial charge in [0.1, 0.15) is 0 Å². The normalized spacial score (nSPS) is 26.2. The molecule has 2 atom stereocenters. The lowest BCUT2D eigenvalue weighted by Crippen LogP contribution is -2.45. The summed E-state index contributed by atoms with van der Waals surface area (Å²) in [4.78, 5) is 38.9. The van der Waals surface area contributed by atoms with Crippen molar-refractivity contribution in [3.8, 4) is 0 Å². The molecule has 0 aromatic rings. The molecule has 0 spiro atoms. The number of nitrogens with zero attached hydrogens (tertiary/aromatic N) is 2. The van der Waals surface area contributed by atoms with E-state index in [1.165, 1.54) is 0 Å². The molecule has 2 aliphatic heterocycles. The molecule has 0 aromatic heterocycles. The first kappa shape index (κ1) is 15.8. The largest absolute Gasteiger partial charge is 0.481 e. The van der Waals surface area contributed by atoms with E-state index in [9.17, 15) is 14.4 Å². The first-order valence-corrected chi connectivity index (χ1v) is 7.82. The number of aliphatic carboxylic acids is 1. The summed E-state index contributed by atoms with van der Waals surface area (Å²) in [5, 5.41) is 9.08. The van der Waals surface area contributed by atoms with Crippen LogP contribution in [0.5, 0.6) is 0 Å². The Kier molecular flexibility index (Phi) is 5.20. The molecule has 118 valence electrons. The Labute approximate surface area is 125 Å². The van der Waals surface area contributed by atoms with Gasteiger partial charge in [-0.3, -0.25) is 14.4 Å². The Hall–Kier alpha value is -1.59. The summed E-state index contributed by atoms with van der Waals surface area (Å²) in [5.74, 6) is -1.58. The highest BCUT2D eigenvalue weighted by molar-refractivity contribution is 5.89. The van der Waals surface area contributed by atoms with E-state index < -0.39 is 11.9 Å².